The molecule has 3 nitrogen and oxygen atoms in total. The third-order valence-corrected chi connectivity index (χ3v) is 3.65. The van der Waals surface area contributed by atoms with E-state index in [9.17, 15) is 9.50 Å². The van der Waals surface area contributed by atoms with Crippen molar-refractivity contribution in [2.24, 2.45) is 0 Å². The summed E-state index contributed by atoms with van der Waals surface area (Å²) in [4.78, 5) is 5.73. The van der Waals surface area contributed by atoms with Crippen molar-refractivity contribution in [3.8, 4) is 0 Å². The molecular weight excluding hydrogens is 287 g/mol. The Morgan fingerprint density at radius 1 is 1.53 bits per heavy atom. The normalized spacial score (nSPS) is 18.4. The second-order valence-electron chi connectivity index (χ2n) is 4.75. The molecule has 1 saturated carbocycles. The smallest absolute Gasteiger partial charge is 0.166 e. The maximum Gasteiger partial charge on any atom is 0.166 e. The first-order valence-electron chi connectivity index (χ1n) is 5.75. The van der Waals surface area contributed by atoms with Crippen LogP contribution >= 0.6 is 15.9 Å². The third kappa shape index (κ3) is 2.96. The van der Waals surface area contributed by atoms with Gasteiger partial charge in [-0.3, -0.25) is 0 Å². The van der Waals surface area contributed by atoms with E-state index in [4.69, 9.17) is 0 Å². The lowest BCUT2D eigenvalue weighted by atomic mass is 10.0. The molecule has 0 saturated heterocycles. The Labute approximate surface area is 109 Å². The number of pyridine rings is 1. The van der Waals surface area contributed by atoms with Gasteiger partial charge in [-0.2, -0.15) is 0 Å². The largest absolute Gasteiger partial charge is 0.388 e. The van der Waals surface area contributed by atoms with Gasteiger partial charge in [0.1, 0.15) is 0 Å². The molecule has 0 bridgehead atoms. The van der Waals surface area contributed by atoms with Gasteiger partial charge in [0.05, 0.1) is 5.60 Å². The Morgan fingerprint density at radius 3 is 2.76 bits per heavy atom. The van der Waals surface area contributed by atoms with Gasteiger partial charge >= 0.3 is 0 Å². The number of aliphatic hydroxyl groups is 1. The maximum atomic E-state index is 13.7. The summed E-state index contributed by atoms with van der Waals surface area (Å²) in [6.45, 7) is 0.429. The molecule has 0 amide bonds. The number of aromatic nitrogens is 1. The summed E-state index contributed by atoms with van der Waals surface area (Å²) < 4.78 is 14.3. The third-order valence-electron chi connectivity index (χ3n) is 3.22. The van der Waals surface area contributed by atoms with Gasteiger partial charge in [0.15, 0.2) is 11.6 Å². The van der Waals surface area contributed by atoms with Gasteiger partial charge < -0.3 is 10.0 Å². The minimum atomic E-state index is -0.685. The van der Waals surface area contributed by atoms with Gasteiger partial charge in [-0.05, 0) is 34.8 Å². The van der Waals surface area contributed by atoms with Crippen LogP contribution in [0.25, 0.3) is 0 Å². The second-order valence-corrected chi connectivity index (χ2v) is 5.66. The Hall–Kier alpha value is -0.680. The molecule has 0 aliphatic heterocycles. The molecule has 0 unspecified atom stereocenters. The zero-order valence-electron chi connectivity index (χ0n) is 9.79. The predicted molar refractivity (Wildman–Crippen MR) is 68.6 cm³/mol. The highest BCUT2D eigenvalue weighted by atomic mass is 79.9. The van der Waals surface area contributed by atoms with Gasteiger partial charge in [0.2, 0.25) is 0 Å². The molecule has 1 aliphatic rings. The number of rotatable bonds is 3. The molecule has 1 fully saturated rings. The summed E-state index contributed by atoms with van der Waals surface area (Å²) >= 11 is 3.17. The lowest BCUT2D eigenvalue weighted by molar-refractivity contribution is 0.0557. The molecule has 0 spiro atoms. The van der Waals surface area contributed by atoms with Crippen molar-refractivity contribution in [1.82, 2.24) is 4.98 Å². The summed E-state index contributed by atoms with van der Waals surface area (Å²) in [6.07, 6.45) is 5.22. The summed E-state index contributed by atoms with van der Waals surface area (Å²) in [5, 5.41) is 10.3. The van der Waals surface area contributed by atoms with Crippen molar-refractivity contribution < 1.29 is 9.50 Å². The summed E-state index contributed by atoms with van der Waals surface area (Å²) in [5.41, 5.74) is -0.685. The average molecular weight is 303 g/mol. The number of hydrogen-bond acceptors (Lipinski definition) is 3. The van der Waals surface area contributed by atoms with E-state index in [2.05, 4.69) is 20.9 Å². The first-order chi connectivity index (χ1) is 8.00. The van der Waals surface area contributed by atoms with Crippen LogP contribution in [-0.4, -0.2) is 29.3 Å². The number of anilines is 1. The number of likely N-dealkylation sites (N-methyl/N-ethyl adjacent to an activating group) is 1. The monoisotopic (exact) mass is 302 g/mol. The summed E-state index contributed by atoms with van der Waals surface area (Å²) in [7, 11) is 1.76. The van der Waals surface area contributed by atoms with Crippen LogP contribution in [0.2, 0.25) is 0 Å². The highest BCUT2D eigenvalue weighted by molar-refractivity contribution is 9.10. The molecule has 1 aromatic rings. The van der Waals surface area contributed by atoms with E-state index >= 15 is 0 Å². The lowest BCUT2D eigenvalue weighted by Gasteiger charge is -2.29. The Morgan fingerprint density at radius 2 is 2.18 bits per heavy atom. The van der Waals surface area contributed by atoms with Gasteiger partial charge in [0.25, 0.3) is 0 Å². The van der Waals surface area contributed by atoms with Crippen LogP contribution < -0.4 is 4.90 Å². The molecule has 2 rings (SSSR count). The van der Waals surface area contributed by atoms with Gasteiger partial charge in [-0.15, -0.1) is 0 Å². The average Bonchev–Trinajstić information content (AvgIpc) is 2.64. The quantitative estimate of drug-likeness (QED) is 0.933. The van der Waals surface area contributed by atoms with Crippen LogP contribution in [0, 0.1) is 5.82 Å². The molecular formula is C12H16BrFN2O. The standard InChI is InChI=1S/C12H16BrFN2O/c1-16(8-12(17)4-2-3-5-12)11-10(14)6-9(13)7-15-11/h6-7,17H,2-5,8H2,1H3. The number of nitrogens with zero attached hydrogens (tertiary/aromatic N) is 2. The number of halogens is 2. The Bertz CT molecular complexity index is 407. The first-order valence-corrected chi connectivity index (χ1v) is 6.54. The fourth-order valence-corrected chi connectivity index (χ4v) is 2.70. The zero-order valence-corrected chi connectivity index (χ0v) is 11.4. The SMILES string of the molecule is CN(CC1(O)CCCC1)c1ncc(Br)cc1F. The van der Waals surface area contributed by atoms with E-state index in [0.717, 1.165) is 25.7 Å². The Balaban J connectivity index is 2.11. The van der Waals surface area contributed by atoms with Crippen LogP contribution in [-0.2, 0) is 0 Å². The van der Waals surface area contributed by atoms with Crippen molar-refractivity contribution >= 4 is 21.7 Å². The van der Waals surface area contributed by atoms with Crippen molar-refractivity contribution in [2.75, 3.05) is 18.5 Å². The van der Waals surface area contributed by atoms with E-state index in [1.54, 1.807) is 18.1 Å². The fourth-order valence-electron chi connectivity index (χ4n) is 2.40. The predicted octanol–water partition coefficient (Wildman–Crippen LogP) is 2.72. The molecule has 17 heavy (non-hydrogen) atoms. The molecule has 0 aromatic carbocycles. The topological polar surface area (TPSA) is 36.4 Å². The van der Waals surface area contributed by atoms with Crippen molar-refractivity contribution in [3.05, 3.63) is 22.6 Å². The first kappa shape index (κ1) is 12.8. The minimum Gasteiger partial charge on any atom is -0.388 e. The minimum absolute atomic E-state index is 0.286. The van der Waals surface area contributed by atoms with E-state index in [0.29, 0.717) is 11.0 Å². The summed E-state index contributed by atoms with van der Waals surface area (Å²) in [5.74, 6) is -0.0861. The van der Waals surface area contributed by atoms with Crippen LogP contribution in [0.1, 0.15) is 25.7 Å². The van der Waals surface area contributed by atoms with Gasteiger partial charge in [-0.1, -0.05) is 12.8 Å². The second kappa shape index (κ2) is 4.90. The molecule has 1 heterocycles. The highest BCUT2D eigenvalue weighted by Crippen LogP contribution is 2.31. The molecule has 0 atom stereocenters. The molecule has 1 aromatic heterocycles. The number of hydrogen-bond donors (Lipinski definition) is 1. The zero-order chi connectivity index (χ0) is 12.5. The van der Waals surface area contributed by atoms with Crippen molar-refractivity contribution in [3.63, 3.8) is 0 Å². The van der Waals surface area contributed by atoms with Crippen molar-refractivity contribution in [1.29, 1.82) is 0 Å². The van der Waals surface area contributed by atoms with E-state index < -0.39 is 5.60 Å². The van der Waals surface area contributed by atoms with Crippen LogP contribution in [0.4, 0.5) is 10.2 Å². The maximum absolute atomic E-state index is 13.7. The van der Waals surface area contributed by atoms with Crippen LogP contribution in [0.3, 0.4) is 0 Å². The molecule has 1 N–H and O–H groups in total. The fraction of sp³-hybridized carbons (Fsp3) is 0.583. The lowest BCUT2D eigenvalue weighted by Crippen LogP contribution is -2.39. The van der Waals surface area contributed by atoms with E-state index in [1.807, 2.05) is 0 Å². The van der Waals surface area contributed by atoms with E-state index in [-0.39, 0.29) is 11.6 Å². The summed E-state index contributed by atoms with van der Waals surface area (Å²) in [6, 6.07) is 1.39. The van der Waals surface area contributed by atoms with Gasteiger partial charge in [0, 0.05) is 24.3 Å². The molecule has 5 heteroatoms. The van der Waals surface area contributed by atoms with Crippen LogP contribution in [0.5, 0.6) is 0 Å². The van der Waals surface area contributed by atoms with Crippen molar-refractivity contribution in [2.45, 2.75) is 31.3 Å². The highest BCUT2D eigenvalue weighted by Gasteiger charge is 2.33. The van der Waals surface area contributed by atoms with Crippen LogP contribution in [0.15, 0.2) is 16.7 Å². The molecule has 94 valence electrons. The Kier molecular flexibility index (Phi) is 3.68. The molecule has 1 aliphatic carbocycles. The van der Waals surface area contributed by atoms with E-state index in [1.165, 1.54) is 6.07 Å². The van der Waals surface area contributed by atoms with Gasteiger partial charge in [-0.25, -0.2) is 9.37 Å². The molecule has 0 radical (unpaired) electrons.